The highest BCUT2D eigenvalue weighted by molar-refractivity contribution is 7.17. The summed E-state index contributed by atoms with van der Waals surface area (Å²) in [6.07, 6.45) is 3.54. The van der Waals surface area contributed by atoms with Crippen LogP contribution >= 0.6 is 22.9 Å². The molecular formula is C17H15ClN4S. The van der Waals surface area contributed by atoms with Crippen LogP contribution in [0.3, 0.4) is 0 Å². The van der Waals surface area contributed by atoms with E-state index in [1.807, 2.05) is 26.0 Å². The Morgan fingerprint density at radius 1 is 1.26 bits per heavy atom. The second-order valence-corrected chi connectivity index (χ2v) is 6.59. The first kappa shape index (κ1) is 15.6. The Hall–Kier alpha value is -2.24. The molecule has 0 radical (unpaired) electrons. The van der Waals surface area contributed by atoms with Crippen molar-refractivity contribution in [1.29, 1.82) is 5.41 Å². The minimum atomic E-state index is 0.311. The van der Waals surface area contributed by atoms with Crippen molar-refractivity contribution >= 4 is 34.3 Å². The van der Waals surface area contributed by atoms with Gasteiger partial charge in [0.2, 0.25) is 0 Å². The molecule has 2 heterocycles. The smallest absolute Gasteiger partial charge is 0.142 e. The van der Waals surface area contributed by atoms with Crippen molar-refractivity contribution in [2.75, 3.05) is 5.73 Å². The third kappa shape index (κ3) is 2.85. The van der Waals surface area contributed by atoms with Crippen LogP contribution in [-0.4, -0.2) is 15.7 Å². The first-order valence-corrected chi connectivity index (χ1v) is 8.20. The zero-order chi connectivity index (χ0) is 16.6. The number of thiazole rings is 1. The number of nitrogens with zero attached hydrogens (tertiary/aromatic N) is 2. The Balaban J connectivity index is 2.04. The largest absolute Gasteiger partial charge is 0.398 e. The normalized spacial score (nSPS) is 10.7. The highest BCUT2D eigenvalue weighted by Crippen LogP contribution is 2.32. The summed E-state index contributed by atoms with van der Waals surface area (Å²) in [4.78, 5) is 9.69. The minimum Gasteiger partial charge on any atom is -0.398 e. The van der Waals surface area contributed by atoms with Crippen molar-refractivity contribution in [1.82, 2.24) is 9.97 Å². The van der Waals surface area contributed by atoms with Crippen molar-refractivity contribution in [3.05, 3.63) is 63.5 Å². The van der Waals surface area contributed by atoms with Crippen LogP contribution in [0.1, 0.15) is 21.8 Å². The highest BCUT2D eigenvalue weighted by Gasteiger charge is 2.17. The summed E-state index contributed by atoms with van der Waals surface area (Å²) in [6, 6.07) is 7.41. The fourth-order valence-electron chi connectivity index (χ4n) is 2.30. The molecule has 3 rings (SSSR count). The fraction of sp³-hybridized carbons (Fsp3) is 0.118. The third-order valence-electron chi connectivity index (χ3n) is 3.65. The lowest BCUT2D eigenvalue weighted by molar-refractivity contribution is 1.24. The number of pyridine rings is 1. The number of nitrogen functional groups attached to an aromatic ring is 1. The van der Waals surface area contributed by atoms with E-state index in [1.54, 1.807) is 24.5 Å². The van der Waals surface area contributed by atoms with E-state index < -0.39 is 0 Å². The molecule has 0 aliphatic rings. The van der Waals surface area contributed by atoms with E-state index in [4.69, 9.17) is 22.7 Å². The van der Waals surface area contributed by atoms with Gasteiger partial charge in [0.05, 0.1) is 16.3 Å². The van der Waals surface area contributed by atoms with Crippen LogP contribution < -0.4 is 5.73 Å². The van der Waals surface area contributed by atoms with Crippen LogP contribution in [0.5, 0.6) is 0 Å². The molecule has 0 spiro atoms. The number of aromatic nitrogens is 2. The minimum absolute atomic E-state index is 0.311. The standard InChI is InChI=1S/C17H15ClN4S/c1-9-13(18)6-5-12(14(9)19)15(20)17-22-10(2)16(23-17)11-4-3-7-21-8-11/h3-8,20H,19H2,1-2H3. The quantitative estimate of drug-likeness (QED) is 0.544. The maximum atomic E-state index is 8.46. The molecule has 3 N–H and O–H groups in total. The van der Waals surface area contributed by atoms with Crippen molar-refractivity contribution in [3.8, 4) is 10.4 Å². The van der Waals surface area contributed by atoms with E-state index in [2.05, 4.69) is 9.97 Å². The molecule has 0 aliphatic heterocycles. The average Bonchev–Trinajstić information content (AvgIpc) is 2.95. The van der Waals surface area contributed by atoms with Crippen LogP contribution in [0, 0.1) is 19.3 Å². The van der Waals surface area contributed by atoms with Gasteiger partial charge in [-0.15, -0.1) is 11.3 Å². The summed E-state index contributed by atoms with van der Waals surface area (Å²) in [6.45, 7) is 3.79. The maximum absolute atomic E-state index is 8.46. The lowest BCUT2D eigenvalue weighted by Crippen LogP contribution is -2.06. The number of nitrogens with one attached hydrogen (secondary N) is 1. The summed E-state index contributed by atoms with van der Waals surface area (Å²) < 4.78 is 0. The highest BCUT2D eigenvalue weighted by atomic mass is 35.5. The Labute approximate surface area is 143 Å². The van der Waals surface area contributed by atoms with E-state index in [-0.39, 0.29) is 0 Å². The molecule has 4 nitrogen and oxygen atoms in total. The molecule has 116 valence electrons. The summed E-state index contributed by atoms with van der Waals surface area (Å²) in [5, 5.41) is 9.70. The summed E-state index contributed by atoms with van der Waals surface area (Å²) in [5.74, 6) is 0. The van der Waals surface area contributed by atoms with Gasteiger partial charge in [0.15, 0.2) is 0 Å². The zero-order valence-electron chi connectivity index (χ0n) is 12.7. The van der Waals surface area contributed by atoms with Gasteiger partial charge in [-0.3, -0.25) is 10.4 Å². The van der Waals surface area contributed by atoms with Gasteiger partial charge in [-0.05, 0) is 37.6 Å². The topological polar surface area (TPSA) is 75.7 Å². The first-order valence-electron chi connectivity index (χ1n) is 7.00. The Morgan fingerprint density at radius 2 is 2.04 bits per heavy atom. The molecule has 3 aromatic rings. The lowest BCUT2D eigenvalue weighted by atomic mass is 10.0. The van der Waals surface area contributed by atoms with E-state index >= 15 is 0 Å². The number of benzene rings is 1. The van der Waals surface area contributed by atoms with Gasteiger partial charge in [-0.25, -0.2) is 4.98 Å². The molecule has 0 atom stereocenters. The monoisotopic (exact) mass is 342 g/mol. The fourth-order valence-corrected chi connectivity index (χ4v) is 3.49. The van der Waals surface area contributed by atoms with Gasteiger partial charge in [0.1, 0.15) is 5.01 Å². The molecule has 0 saturated heterocycles. The van der Waals surface area contributed by atoms with Gasteiger partial charge in [-0.1, -0.05) is 17.7 Å². The van der Waals surface area contributed by atoms with Gasteiger partial charge in [0, 0.05) is 34.2 Å². The van der Waals surface area contributed by atoms with Crippen LogP contribution in [0.15, 0.2) is 36.7 Å². The molecule has 23 heavy (non-hydrogen) atoms. The van der Waals surface area contributed by atoms with Crippen LogP contribution in [-0.2, 0) is 0 Å². The predicted molar refractivity (Wildman–Crippen MR) is 96.6 cm³/mol. The van der Waals surface area contributed by atoms with Crippen molar-refractivity contribution in [2.24, 2.45) is 0 Å². The molecule has 0 amide bonds. The van der Waals surface area contributed by atoms with Gasteiger partial charge >= 0.3 is 0 Å². The number of anilines is 1. The number of hydrogen-bond acceptors (Lipinski definition) is 5. The predicted octanol–water partition coefficient (Wildman–Crippen LogP) is 4.47. The number of halogens is 1. The summed E-state index contributed by atoms with van der Waals surface area (Å²) >= 11 is 7.55. The van der Waals surface area contributed by atoms with Gasteiger partial charge in [0.25, 0.3) is 0 Å². The summed E-state index contributed by atoms with van der Waals surface area (Å²) in [5.41, 5.74) is 10.3. The Kier molecular flexibility index (Phi) is 4.15. The van der Waals surface area contributed by atoms with Crippen LogP contribution in [0.4, 0.5) is 5.69 Å². The molecular weight excluding hydrogens is 328 g/mol. The third-order valence-corrected chi connectivity index (χ3v) is 5.29. The van der Waals surface area contributed by atoms with Crippen molar-refractivity contribution < 1.29 is 0 Å². The zero-order valence-corrected chi connectivity index (χ0v) is 14.3. The van der Waals surface area contributed by atoms with Gasteiger partial charge in [-0.2, -0.15) is 0 Å². The van der Waals surface area contributed by atoms with Gasteiger partial charge < -0.3 is 5.73 Å². The number of nitrogens with two attached hydrogens (primary N) is 1. The van der Waals surface area contributed by atoms with Crippen LogP contribution in [0.2, 0.25) is 5.02 Å². The van der Waals surface area contributed by atoms with Crippen LogP contribution in [0.25, 0.3) is 10.4 Å². The molecule has 1 aromatic carbocycles. The van der Waals surface area contributed by atoms with E-state index in [1.165, 1.54) is 11.3 Å². The number of rotatable bonds is 3. The maximum Gasteiger partial charge on any atom is 0.142 e. The second-order valence-electron chi connectivity index (χ2n) is 5.18. The van der Waals surface area contributed by atoms with E-state index in [0.717, 1.165) is 21.7 Å². The summed E-state index contributed by atoms with van der Waals surface area (Å²) in [7, 11) is 0. The molecule has 0 saturated carbocycles. The second kappa shape index (κ2) is 6.10. The van der Waals surface area contributed by atoms with E-state index in [9.17, 15) is 0 Å². The van der Waals surface area contributed by atoms with Crippen molar-refractivity contribution in [3.63, 3.8) is 0 Å². The lowest BCUT2D eigenvalue weighted by Gasteiger charge is -2.09. The molecule has 0 unspecified atom stereocenters. The average molecular weight is 343 g/mol. The molecule has 0 aliphatic carbocycles. The Morgan fingerprint density at radius 3 is 2.74 bits per heavy atom. The first-order chi connectivity index (χ1) is 11.0. The molecule has 2 aromatic heterocycles. The number of hydrogen-bond donors (Lipinski definition) is 2. The molecule has 0 fully saturated rings. The number of aryl methyl sites for hydroxylation is 1. The van der Waals surface area contributed by atoms with E-state index in [0.29, 0.717) is 27.0 Å². The molecule has 0 bridgehead atoms. The Bertz CT molecular complexity index is 887. The van der Waals surface area contributed by atoms with Crippen molar-refractivity contribution in [2.45, 2.75) is 13.8 Å². The molecule has 6 heteroatoms. The SMILES string of the molecule is Cc1nc(C(=N)c2ccc(Cl)c(C)c2N)sc1-c1cccnc1.